The molecular formula is C19H31N3O. The standard InChI is InChI=1S/C19H31N3O/c1-2-23-16-8-6-15(7-9-16)22-12-10-14(11-13-22)17-4-3-5-18(20)19(17)21/h3-5,14-16H,2,6-13,20-21H2,1H3/t15-,16-. The average molecular weight is 317 g/mol. The third-order valence-electron chi connectivity index (χ3n) is 5.71. The van der Waals surface area contributed by atoms with Crippen LogP contribution >= 0.6 is 0 Å². The number of benzene rings is 1. The Labute approximate surface area is 140 Å². The third-order valence-corrected chi connectivity index (χ3v) is 5.71. The Hall–Kier alpha value is -1.26. The Balaban J connectivity index is 1.52. The highest BCUT2D eigenvalue weighted by Gasteiger charge is 2.30. The summed E-state index contributed by atoms with van der Waals surface area (Å²) < 4.78 is 5.77. The van der Waals surface area contributed by atoms with Crippen LogP contribution in [0.25, 0.3) is 0 Å². The molecule has 4 nitrogen and oxygen atoms in total. The smallest absolute Gasteiger partial charge is 0.0583 e. The second kappa shape index (κ2) is 7.54. The van der Waals surface area contributed by atoms with Gasteiger partial charge in [-0.2, -0.15) is 0 Å². The summed E-state index contributed by atoms with van der Waals surface area (Å²) in [6.45, 7) is 5.31. The molecule has 0 aromatic heterocycles. The molecule has 1 saturated heterocycles. The lowest BCUT2D eigenvalue weighted by atomic mass is 9.85. The quantitative estimate of drug-likeness (QED) is 0.836. The van der Waals surface area contributed by atoms with E-state index in [1.165, 1.54) is 57.2 Å². The van der Waals surface area contributed by atoms with Crippen LogP contribution in [0.3, 0.4) is 0 Å². The summed E-state index contributed by atoms with van der Waals surface area (Å²) in [6.07, 6.45) is 7.91. The molecule has 1 aliphatic heterocycles. The van der Waals surface area contributed by atoms with Gasteiger partial charge in [-0.3, -0.25) is 0 Å². The number of anilines is 2. The maximum atomic E-state index is 6.18. The zero-order chi connectivity index (χ0) is 16.2. The minimum absolute atomic E-state index is 0.501. The molecule has 0 atom stereocenters. The predicted octanol–water partition coefficient (Wildman–Crippen LogP) is 3.38. The van der Waals surface area contributed by atoms with Gasteiger partial charge in [0.05, 0.1) is 17.5 Å². The van der Waals surface area contributed by atoms with E-state index in [0.717, 1.165) is 24.0 Å². The topological polar surface area (TPSA) is 64.5 Å². The molecule has 4 N–H and O–H groups in total. The second-order valence-corrected chi connectivity index (χ2v) is 7.05. The second-order valence-electron chi connectivity index (χ2n) is 7.05. The number of piperidine rings is 1. The number of nitrogen functional groups attached to an aromatic ring is 2. The fourth-order valence-electron chi connectivity index (χ4n) is 4.35. The fourth-order valence-corrected chi connectivity index (χ4v) is 4.35. The molecule has 1 saturated carbocycles. The van der Waals surface area contributed by atoms with Crippen molar-refractivity contribution in [2.75, 3.05) is 31.2 Å². The highest BCUT2D eigenvalue weighted by molar-refractivity contribution is 5.68. The Morgan fingerprint density at radius 1 is 1.04 bits per heavy atom. The average Bonchev–Trinajstić information content (AvgIpc) is 2.59. The maximum absolute atomic E-state index is 6.18. The first-order valence-corrected chi connectivity index (χ1v) is 9.18. The van der Waals surface area contributed by atoms with Gasteiger partial charge in [0.15, 0.2) is 0 Å². The van der Waals surface area contributed by atoms with Crippen LogP contribution in [0.4, 0.5) is 11.4 Å². The lowest BCUT2D eigenvalue weighted by Gasteiger charge is -2.41. The molecule has 1 aromatic carbocycles. The van der Waals surface area contributed by atoms with E-state index in [1.807, 2.05) is 12.1 Å². The van der Waals surface area contributed by atoms with E-state index in [4.69, 9.17) is 16.2 Å². The SMILES string of the molecule is CCO[C@H]1CC[C@H](N2CCC(c3cccc(N)c3N)CC2)CC1. The van der Waals surface area contributed by atoms with Gasteiger partial charge in [0, 0.05) is 12.6 Å². The van der Waals surface area contributed by atoms with Crippen LogP contribution < -0.4 is 11.5 Å². The lowest BCUT2D eigenvalue weighted by Crippen LogP contribution is -2.43. The van der Waals surface area contributed by atoms with E-state index in [0.29, 0.717) is 12.0 Å². The van der Waals surface area contributed by atoms with Gasteiger partial charge >= 0.3 is 0 Å². The van der Waals surface area contributed by atoms with Gasteiger partial charge < -0.3 is 21.1 Å². The first-order valence-electron chi connectivity index (χ1n) is 9.18. The van der Waals surface area contributed by atoms with Gasteiger partial charge in [0.25, 0.3) is 0 Å². The Kier molecular flexibility index (Phi) is 5.44. The summed E-state index contributed by atoms with van der Waals surface area (Å²) in [5.74, 6) is 0.564. The number of hydrogen-bond donors (Lipinski definition) is 2. The van der Waals surface area contributed by atoms with Crippen molar-refractivity contribution >= 4 is 11.4 Å². The Bertz CT molecular complexity index is 503. The zero-order valence-electron chi connectivity index (χ0n) is 14.3. The summed E-state index contributed by atoms with van der Waals surface area (Å²) in [6, 6.07) is 6.83. The molecule has 2 aliphatic rings. The molecule has 0 unspecified atom stereocenters. The monoisotopic (exact) mass is 317 g/mol. The molecule has 3 rings (SSSR count). The van der Waals surface area contributed by atoms with Crippen LogP contribution in [0.15, 0.2) is 18.2 Å². The van der Waals surface area contributed by atoms with E-state index in [-0.39, 0.29) is 0 Å². The normalized spacial score (nSPS) is 27.2. The van der Waals surface area contributed by atoms with Crippen molar-refractivity contribution in [3.05, 3.63) is 23.8 Å². The first-order chi connectivity index (χ1) is 11.2. The van der Waals surface area contributed by atoms with Crippen LogP contribution in [-0.2, 0) is 4.74 Å². The molecule has 1 aromatic rings. The largest absolute Gasteiger partial charge is 0.397 e. The van der Waals surface area contributed by atoms with E-state index in [1.54, 1.807) is 0 Å². The molecule has 4 heteroatoms. The van der Waals surface area contributed by atoms with Gasteiger partial charge in [0.2, 0.25) is 0 Å². The van der Waals surface area contributed by atoms with Crippen molar-refractivity contribution in [3.8, 4) is 0 Å². The van der Waals surface area contributed by atoms with Crippen molar-refractivity contribution in [1.29, 1.82) is 0 Å². The molecule has 1 aliphatic carbocycles. The van der Waals surface area contributed by atoms with Crippen molar-refractivity contribution in [3.63, 3.8) is 0 Å². The van der Waals surface area contributed by atoms with Gasteiger partial charge in [-0.25, -0.2) is 0 Å². The van der Waals surface area contributed by atoms with Crippen molar-refractivity contribution in [2.24, 2.45) is 0 Å². The van der Waals surface area contributed by atoms with Gasteiger partial charge in [-0.05, 0) is 76.1 Å². The number of hydrogen-bond acceptors (Lipinski definition) is 4. The maximum Gasteiger partial charge on any atom is 0.0583 e. The zero-order valence-corrected chi connectivity index (χ0v) is 14.3. The minimum Gasteiger partial charge on any atom is -0.397 e. The van der Waals surface area contributed by atoms with Crippen molar-refractivity contribution < 1.29 is 4.74 Å². The van der Waals surface area contributed by atoms with E-state index in [9.17, 15) is 0 Å². The number of nitrogens with zero attached hydrogens (tertiary/aromatic N) is 1. The van der Waals surface area contributed by atoms with Crippen molar-refractivity contribution in [2.45, 2.75) is 63.5 Å². The van der Waals surface area contributed by atoms with Crippen LogP contribution in [0, 0.1) is 0 Å². The lowest BCUT2D eigenvalue weighted by molar-refractivity contribution is 0.00947. The number of rotatable bonds is 4. The summed E-state index contributed by atoms with van der Waals surface area (Å²) in [7, 11) is 0. The van der Waals surface area contributed by atoms with E-state index in [2.05, 4.69) is 17.9 Å². The molecule has 1 heterocycles. The predicted molar refractivity (Wildman–Crippen MR) is 96.5 cm³/mol. The summed E-state index contributed by atoms with van der Waals surface area (Å²) >= 11 is 0. The van der Waals surface area contributed by atoms with Gasteiger partial charge in [-0.1, -0.05) is 12.1 Å². The van der Waals surface area contributed by atoms with Gasteiger partial charge in [0.1, 0.15) is 0 Å². The number of likely N-dealkylation sites (tertiary alicyclic amines) is 1. The van der Waals surface area contributed by atoms with E-state index < -0.39 is 0 Å². The van der Waals surface area contributed by atoms with Crippen LogP contribution in [-0.4, -0.2) is 36.7 Å². The summed E-state index contributed by atoms with van der Waals surface area (Å²) in [5.41, 5.74) is 14.9. The molecule has 0 bridgehead atoms. The molecule has 2 fully saturated rings. The number of nitrogens with two attached hydrogens (primary N) is 2. The molecule has 23 heavy (non-hydrogen) atoms. The van der Waals surface area contributed by atoms with Crippen LogP contribution in [0.1, 0.15) is 56.9 Å². The van der Waals surface area contributed by atoms with Crippen LogP contribution in [0.2, 0.25) is 0 Å². The highest BCUT2D eigenvalue weighted by atomic mass is 16.5. The summed E-state index contributed by atoms with van der Waals surface area (Å²) in [5, 5.41) is 0. The molecule has 0 amide bonds. The minimum atomic E-state index is 0.501. The van der Waals surface area contributed by atoms with Crippen LogP contribution in [0.5, 0.6) is 0 Å². The molecular weight excluding hydrogens is 286 g/mol. The highest BCUT2D eigenvalue weighted by Crippen LogP contribution is 2.36. The number of para-hydroxylation sites is 1. The summed E-state index contributed by atoms with van der Waals surface area (Å²) in [4.78, 5) is 2.70. The molecule has 0 radical (unpaired) electrons. The fraction of sp³-hybridized carbons (Fsp3) is 0.684. The Morgan fingerprint density at radius 3 is 2.39 bits per heavy atom. The van der Waals surface area contributed by atoms with E-state index >= 15 is 0 Å². The number of ether oxygens (including phenoxy) is 1. The molecule has 128 valence electrons. The Morgan fingerprint density at radius 2 is 1.74 bits per heavy atom. The third kappa shape index (κ3) is 3.81. The van der Waals surface area contributed by atoms with Gasteiger partial charge in [-0.15, -0.1) is 0 Å². The first kappa shape index (κ1) is 16.6. The van der Waals surface area contributed by atoms with Crippen molar-refractivity contribution in [1.82, 2.24) is 4.90 Å². The molecule has 0 spiro atoms.